The molecule has 0 N–H and O–H groups in total. The van der Waals surface area contributed by atoms with Gasteiger partial charge in [0.15, 0.2) is 5.84 Å². The first-order valence-corrected chi connectivity index (χ1v) is 21.5. The lowest BCUT2D eigenvalue weighted by molar-refractivity contribution is 0.669. The molecule has 64 heavy (non-hydrogen) atoms. The van der Waals surface area contributed by atoms with E-state index in [0.717, 1.165) is 105 Å². The third kappa shape index (κ3) is 6.23. The maximum absolute atomic E-state index is 6.41. The Bertz CT molecular complexity index is 3830. The summed E-state index contributed by atoms with van der Waals surface area (Å²) in [6.45, 7) is 4.58. The molecule has 0 spiro atoms. The highest BCUT2D eigenvalue weighted by atomic mass is 16.3. The first-order valence-electron chi connectivity index (χ1n) is 21.5. The Morgan fingerprint density at radius 2 is 1.03 bits per heavy atom. The quantitative estimate of drug-likeness (QED) is 0.122. The molecule has 0 saturated carbocycles. The van der Waals surface area contributed by atoms with Crippen molar-refractivity contribution in [3.63, 3.8) is 0 Å². The van der Waals surface area contributed by atoms with Crippen LogP contribution in [0.2, 0.25) is 0 Å². The summed E-state index contributed by atoms with van der Waals surface area (Å²) in [5.41, 5.74) is 13.2. The molecular formula is C58H39N5O. The minimum Gasteiger partial charge on any atom is -0.456 e. The van der Waals surface area contributed by atoms with Crippen LogP contribution in [0.1, 0.15) is 11.1 Å². The monoisotopic (exact) mass is 821 g/mol. The van der Waals surface area contributed by atoms with Crippen LogP contribution in [0.25, 0.3) is 93.5 Å². The fourth-order valence-electron chi connectivity index (χ4n) is 9.38. The van der Waals surface area contributed by atoms with E-state index in [-0.39, 0.29) is 0 Å². The molecule has 0 bridgehead atoms. The van der Waals surface area contributed by atoms with Gasteiger partial charge in [-0.2, -0.15) is 4.99 Å². The topological polar surface area (TPSA) is 60.1 Å². The summed E-state index contributed by atoms with van der Waals surface area (Å²) < 4.78 is 11.0. The predicted octanol–water partition coefficient (Wildman–Crippen LogP) is 14.7. The van der Waals surface area contributed by atoms with E-state index in [1.807, 2.05) is 30.3 Å². The number of hydrogen-bond donors (Lipinski definition) is 0. The Morgan fingerprint density at radius 3 is 1.78 bits per heavy atom. The lowest BCUT2D eigenvalue weighted by Gasteiger charge is -2.13. The maximum atomic E-state index is 6.41. The van der Waals surface area contributed by atoms with Crippen LogP contribution in [0.3, 0.4) is 0 Å². The highest BCUT2D eigenvalue weighted by Crippen LogP contribution is 2.41. The molecule has 0 saturated heterocycles. The van der Waals surface area contributed by atoms with E-state index < -0.39 is 0 Å². The average molecular weight is 822 g/mol. The summed E-state index contributed by atoms with van der Waals surface area (Å²) in [4.78, 5) is 15.5. The molecule has 12 rings (SSSR count). The number of nitrogens with zero attached hydrogens (tertiary/aromatic N) is 5. The van der Waals surface area contributed by atoms with Gasteiger partial charge in [0, 0.05) is 43.6 Å². The standard InChI is InChI=1S/C58H39N5O/c1-59-58(61-57(43-30-31-48-47-26-10-13-29-53(47)64-54(48)36-43)60-37-38-16-14-21-41(34-38)39-17-4-2-5-18-39)63-52-28-12-9-25-46(52)50-33-32-49-45-24-8-11-27-51(45)62(55(49)56(50)63)44-23-15-22-42(35-44)40-19-6-3-7-20-40/h2-36H,1,37H2. The van der Waals surface area contributed by atoms with Crippen molar-refractivity contribution in [1.82, 2.24) is 9.13 Å². The number of hydrogen-bond acceptors (Lipinski definition) is 2. The van der Waals surface area contributed by atoms with Crippen LogP contribution < -0.4 is 0 Å². The van der Waals surface area contributed by atoms with Crippen LogP contribution >= 0.6 is 0 Å². The molecule has 0 aliphatic rings. The molecule has 9 aromatic carbocycles. The molecule has 0 aliphatic heterocycles. The molecular weight excluding hydrogens is 783 g/mol. The molecule has 0 atom stereocenters. The van der Waals surface area contributed by atoms with Gasteiger partial charge in [0.05, 0.1) is 28.6 Å². The molecule has 0 aliphatic carbocycles. The zero-order valence-corrected chi connectivity index (χ0v) is 34.8. The van der Waals surface area contributed by atoms with Crippen LogP contribution in [-0.2, 0) is 6.54 Å². The average Bonchev–Trinajstić information content (AvgIpc) is 4.02. The fraction of sp³-hybridized carbons (Fsp3) is 0.0172. The number of furan rings is 1. The molecule has 6 nitrogen and oxygen atoms in total. The van der Waals surface area contributed by atoms with Gasteiger partial charge < -0.3 is 8.98 Å². The van der Waals surface area contributed by atoms with Crippen molar-refractivity contribution < 1.29 is 4.42 Å². The third-order valence-electron chi connectivity index (χ3n) is 12.3. The second-order valence-electron chi connectivity index (χ2n) is 16.1. The van der Waals surface area contributed by atoms with Gasteiger partial charge >= 0.3 is 0 Å². The molecule has 0 unspecified atom stereocenters. The fourth-order valence-corrected chi connectivity index (χ4v) is 9.38. The number of rotatable bonds is 6. The van der Waals surface area contributed by atoms with Gasteiger partial charge in [-0.1, -0.05) is 164 Å². The Hall–Kier alpha value is -8.61. The molecule has 3 heterocycles. The Kier molecular flexibility index (Phi) is 8.94. The predicted molar refractivity (Wildman–Crippen MR) is 267 cm³/mol. The van der Waals surface area contributed by atoms with E-state index in [1.54, 1.807) is 0 Å². The summed E-state index contributed by atoms with van der Waals surface area (Å²) in [6, 6.07) is 74.2. The van der Waals surface area contributed by atoms with Crippen LogP contribution in [-0.4, -0.2) is 27.6 Å². The second kappa shape index (κ2) is 15.4. The molecule has 302 valence electrons. The van der Waals surface area contributed by atoms with Gasteiger partial charge in [-0.05, 0) is 83.1 Å². The first kappa shape index (κ1) is 37.2. The Labute approximate surface area is 369 Å². The Balaban J connectivity index is 1.11. The van der Waals surface area contributed by atoms with Crippen molar-refractivity contribution in [3.05, 3.63) is 223 Å². The lowest BCUT2D eigenvalue weighted by Crippen LogP contribution is -2.13. The van der Waals surface area contributed by atoms with E-state index in [9.17, 15) is 0 Å². The van der Waals surface area contributed by atoms with E-state index in [1.165, 1.54) is 0 Å². The van der Waals surface area contributed by atoms with Gasteiger partial charge in [-0.25, -0.2) is 4.99 Å². The second-order valence-corrected chi connectivity index (χ2v) is 16.1. The number of aliphatic imine (C=N–C) groups is 3. The lowest BCUT2D eigenvalue weighted by atomic mass is 10.0. The van der Waals surface area contributed by atoms with E-state index in [0.29, 0.717) is 18.3 Å². The van der Waals surface area contributed by atoms with Crippen LogP contribution in [0.15, 0.2) is 232 Å². The van der Waals surface area contributed by atoms with Gasteiger partial charge in [-0.3, -0.25) is 9.56 Å². The molecule has 6 heteroatoms. The number of amidine groups is 1. The van der Waals surface area contributed by atoms with E-state index in [2.05, 4.69) is 198 Å². The minimum absolute atomic E-state index is 0.394. The highest BCUT2D eigenvalue weighted by Gasteiger charge is 2.23. The number of aromatic nitrogens is 2. The SMILES string of the molecule is C=NC(=NC(=NCc1cccc(-c2ccccc2)c1)c1ccc2c(c1)oc1ccccc12)n1c2ccccc2c2ccc3c4ccccc4n(-c4cccc(-c5ccccc5)c4)c3c21. The highest BCUT2D eigenvalue weighted by molar-refractivity contribution is 6.26. The number of para-hydroxylation sites is 3. The van der Waals surface area contributed by atoms with Crippen molar-refractivity contribution in [2.24, 2.45) is 15.0 Å². The molecule has 12 aromatic rings. The van der Waals surface area contributed by atoms with E-state index >= 15 is 0 Å². The van der Waals surface area contributed by atoms with Gasteiger partial charge in [-0.15, -0.1) is 0 Å². The van der Waals surface area contributed by atoms with Crippen molar-refractivity contribution in [2.75, 3.05) is 0 Å². The third-order valence-corrected chi connectivity index (χ3v) is 12.3. The largest absolute Gasteiger partial charge is 0.456 e. The summed E-state index contributed by atoms with van der Waals surface area (Å²) in [7, 11) is 0. The van der Waals surface area contributed by atoms with Gasteiger partial charge in [0.1, 0.15) is 11.2 Å². The maximum Gasteiger partial charge on any atom is 0.236 e. The minimum atomic E-state index is 0.394. The van der Waals surface area contributed by atoms with Crippen LogP contribution in [0, 0.1) is 0 Å². The van der Waals surface area contributed by atoms with Crippen molar-refractivity contribution in [2.45, 2.75) is 6.54 Å². The summed E-state index contributed by atoms with van der Waals surface area (Å²) in [5.74, 6) is 0.930. The van der Waals surface area contributed by atoms with Crippen molar-refractivity contribution >= 4 is 84.1 Å². The molecule has 0 fully saturated rings. The summed E-state index contributed by atoms with van der Waals surface area (Å²) in [6.07, 6.45) is 0. The zero-order valence-electron chi connectivity index (χ0n) is 34.8. The smallest absolute Gasteiger partial charge is 0.236 e. The molecule has 0 radical (unpaired) electrons. The van der Waals surface area contributed by atoms with E-state index in [4.69, 9.17) is 19.4 Å². The number of benzene rings is 9. The summed E-state index contributed by atoms with van der Waals surface area (Å²) in [5, 5.41) is 6.56. The van der Waals surface area contributed by atoms with Crippen LogP contribution in [0.5, 0.6) is 0 Å². The van der Waals surface area contributed by atoms with Crippen molar-refractivity contribution in [1.29, 1.82) is 0 Å². The normalized spacial score (nSPS) is 12.4. The van der Waals surface area contributed by atoms with Gasteiger partial charge in [0.25, 0.3) is 0 Å². The van der Waals surface area contributed by atoms with Gasteiger partial charge in [0.2, 0.25) is 5.96 Å². The summed E-state index contributed by atoms with van der Waals surface area (Å²) >= 11 is 0. The molecule has 0 amide bonds. The van der Waals surface area contributed by atoms with Crippen molar-refractivity contribution in [3.8, 4) is 27.9 Å². The first-order chi connectivity index (χ1) is 31.7. The zero-order chi connectivity index (χ0) is 42.6. The van der Waals surface area contributed by atoms with Crippen LogP contribution in [0.4, 0.5) is 0 Å². The number of fused-ring (bicyclic) bond motifs is 10. The Morgan fingerprint density at radius 1 is 0.453 bits per heavy atom. The molecule has 3 aromatic heterocycles.